The van der Waals surface area contributed by atoms with Gasteiger partial charge in [0.05, 0.1) is 0 Å². The van der Waals surface area contributed by atoms with Crippen LogP contribution in [0, 0.1) is 0 Å². The number of hydrogen-bond acceptors (Lipinski definition) is 7. The molecule has 0 heterocycles. The first kappa shape index (κ1) is 102. The minimum absolute atomic E-state index is 0. The van der Waals surface area contributed by atoms with E-state index in [1.165, 1.54) is 0 Å². The van der Waals surface area contributed by atoms with Gasteiger partial charge in [0.25, 0.3) is 0 Å². The van der Waals surface area contributed by atoms with Gasteiger partial charge < -0.3 is 81.0 Å². The number of hydrogen-bond donors (Lipinski definition) is 0. The topological polar surface area (TPSA) is 0 Å². The molecule has 0 atom stereocenters. The van der Waals surface area contributed by atoms with Crippen LogP contribution in [-0.2, 0) is 81.0 Å². The van der Waals surface area contributed by atoms with Crippen LogP contribution in [0.2, 0.25) is 0 Å². The third kappa shape index (κ3) is 120. The summed E-state index contributed by atoms with van der Waals surface area (Å²) in [5, 5.41) is 0. The quantitative estimate of drug-likeness (QED) is 0.177. The molecule has 0 nitrogen and oxygen atoms in total. The van der Waals surface area contributed by atoms with Crippen LogP contribution in [-0.4, -0.2) is 30.7 Å². The summed E-state index contributed by atoms with van der Waals surface area (Å²) in [5.41, 5.74) is 0. The minimum atomic E-state index is 0. The maximum absolute atomic E-state index is 2.04. The van der Waals surface area contributed by atoms with Gasteiger partial charge >= 0.3 is 217 Å². The summed E-state index contributed by atoms with van der Waals surface area (Å²) < 4.78 is 0. The summed E-state index contributed by atoms with van der Waals surface area (Å²) in [5.74, 6) is 0. The van der Waals surface area contributed by atoms with Crippen molar-refractivity contribution in [3.8, 4) is 0 Å². The van der Waals surface area contributed by atoms with Crippen molar-refractivity contribution in [2.75, 3.05) is 0 Å². The zero-order valence-electron chi connectivity index (χ0n) is 10.1. The minimum Gasteiger partial charge on any atom is -0.813 e. The standard InChI is InChI=1S/Ge2S.6Na.6H2S/c1-3-2;;;;;;;;;;;;/h;;;;;;;6*1H2/q;6*+1;;;;;;/p-6. The summed E-state index contributed by atoms with van der Waals surface area (Å²) in [6.45, 7) is 0. The summed E-state index contributed by atoms with van der Waals surface area (Å²) in [4.78, 5) is 0. The van der Waals surface area contributed by atoms with Gasteiger partial charge in [-0.05, 0) is 0 Å². The first-order valence-electron chi connectivity index (χ1n) is 0.408. The Bertz CT molecular complexity index is 21.4. The van der Waals surface area contributed by atoms with Crippen LogP contribution in [0.3, 0.4) is 0 Å². The van der Waals surface area contributed by atoms with Gasteiger partial charge in [0.2, 0.25) is 0 Å². The van der Waals surface area contributed by atoms with E-state index in [-0.39, 0.29) is 258 Å². The van der Waals surface area contributed by atoms with Crippen LogP contribution in [0.25, 0.3) is 0 Å². The molecule has 62 valence electrons. The summed E-state index contributed by atoms with van der Waals surface area (Å²) in [7, 11) is 1.75. The molecule has 0 amide bonds. The monoisotopic (exact) mass is 516 g/mol. The normalized spacial score (nSPS) is 1.20. The molecular weight excluding hydrogens is 508 g/mol. The second-order valence-electron chi connectivity index (χ2n) is 0.102. The zero-order valence-corrected chi connectivity index (χ0v) is 32.5. The van der Waals surface area contributed by atoms with Gasteiger partial charge in [0.15, 0.2) is 0 Å². The molecule has 15 heavy (non-hydrogen) atoms. The molecule has 0 unspecified atom stereocenters. The van der Waals surface area contributed by atoms with Crippen LogP contribution in [0.1, 0.15) is 0 Å². The molecule has 0 saturated carbocycles. The maximum atomic E-state index is 2.04. The van der Waals surface area contributed by atoms with Crippen LogP contribution in [0.5, 0.6) is 0 Å². The van der Waals surface area contributed by atoms with Crippen molar-refractivity contribution in [1.29, 1.82) is 0 Å². The largest absolute Gasteiger partial charge is 1.00 e. The van der Waals surface area contributed by atoms with Crippen molar-refractivity contribution in [3.05, 3.63) is 0 Å². The predicted molar refractivity (Wildman–Crippen MR) is 71.7 cm³/mol. The average molecular weight is 514 g/mol. The molecular formula is H6Ge2Na6S7. The van der Waals surface area contributed by atoms with E-state index in [9.17, 15) is 0 Å². The Balaban J connectivity index is -0.000000000303. The molecule has 15 heteroatoms. The Morgan fingerprint density at radius 1 is 0.400 bits per heavy atom. The Morgan fingerprint density at radius 3 is 0.400 bits per heavy atom. The summed E-state index contributed by atoms with van der Waals surface area (Å²) >= 11 is 4.08. The van der Waals surface area contributed by atoms with E-state index in [1.807, 2.05) is 30.7 Å². The first-order chi connectivity index (χ1) is 1.41. The average Bonchev–Trinajstić information content (AvgIpc) is 0.918. The van der Waals surface area contributed by atoms with E-state index in [4.69, 9.17) is 0 Å². The molecule has 0 fully saturated rings. The summed E-state index contributed by atoms with van der Waals surface area (Å²) in [6, 6.07) is 0. The van der Waals surface area contributed by atoms with E-state index in [1.54, 1.807) is 8.41 Å². The van der Waals surface area contributed by atoms with Crippen LogP contribution in [0.15, 0.2) is 0 Å². The molecule has 0 saturated heterocycles. The fourth-order valence-corrected chi connectivity index (χ4v) is 0. The molecule has 0 aromatic carbocycles. The molecule has 0 rings (SSSR count). The molecule has 0 aliphatic rings. The Hall–Kier alpha value is 9.54. The van der Waals surface area contributed by atoms with Gasteiger partial charge in [-0.15, -0.1) is 0 Å². The van der Waals surface area contributed by atoms with Crippen molar-refractivity contribution in [2.45, 2.75) is 0 Å². The number of rotatable bonds is 0. The Morgan fingerprint density at radius 2 is 0.400 bits per heavy atom. The second-order valence-corrected chi connectivity index (χ2v) is 8.27. The predicted octanol–water partition coefficient (Wildman–Crippen LogP) is -19.7. The molecule has 0 aromatic rings. The van der Waals surface area contributed by atoms with Crippen LogP contribution >= 0.6 is 8.41 Å². The van der Waals surface area contributed by atoms with E-state index in [0.717, 1.165) is 0 Å². The van der Waals surface area contributed by atoms with Crippen molar-refractivity contribution >= 4 is 120 Å². The second kappa shape index (κ2) is 108. The number of thiol groups is 6. The van der Waals surface area contributed by atoms with Crippen molar-refractivity contribution in [1.82, 2.24) is 0 Å². The van der Waals surface area contributed by atoms with Crippen molar-refractivity contribution in [3.63, 3.8) is 0 Å². The fourth-order valence-electron chi connectivity index (χ4n) is 0. The van der Waals surface area contributed by atoms with Crippen LogP contribution in [0.4, 0.5) is 0 Å². The Labute approximate surface area is 289 Å². The molecule has 0 aliphatic carbocycles. The molecule has 0 bridgehead atoms. The van der Waals surface area contributed by atoms with Gasteiger partial charge in [-0.1, -0.05) is 0 Å². The first-order valence-corrected chi connectivity index (χ1v) is 6.36. The molecule has 0 aliphatic heterocycles. The van der Waals surface area contributed by atoms with E-state index < -0.39 is 0 Å². The SMILES string of the molecule is [Ge][S][Ge].[Na+].[Na+].[Na+].[Na+].[Na+].[Na+].[SH-].[SH-].[SH-].[SH-].[SH-].[SH-]. The zero-order chi connectivity index (χ0) is 2.71. The maximum Gasteiger partial charge on any atom is 1.00 e. The van der Waals surface area contributed by atoms with Gasteiger partial charge in [0, 0.05) is 0 Å². The van der Waals surface area contributed by atoms with E-state index in [2.05, 4.69) is 0 Å². The van der Waals surface area contributed by atoms with E-state index in [0.29, 0.717) is 0 Å². The molecule has 6 radical (unpaired) electrons. The molecule has 0 N–H and O–H groups in total. The van der Waals surface area contributed by atoms with Crippen LogP contribution < -0.4 is 177 Å². The molecule has 0 spiro atoms. The summed E-state index contributed by atoms with van der Waals surface area (Å²) in [6.07, 6.45) is 0. The third-order valence-corrected chi connectivity index (χ3v) is 0. The fraction of sp³-hybridized carbons (Fsp3) is 0. The Kier molecular flexibility index (Phi) is 733. The van der Waals surface area contributed by atoms with Gasteiger partial charge in [-0.25, -0.2) is 0 Å². The third-order valence-electron chi connectivity index (χ3n) is 0. The van der Waals surface area contributed by atoms with Gasteiger partial charge in [-0.2, -0.15) is 0 Å². The van der Waals surface area contributed by atoms with Crippen molar-refractivity contribution < 1.29 is 177 Å². The van der Waals surface area contributed by atoms with Gasteiger partial charge in [-0.3, -0.25) is 0 Å². The molecule has 0 aromatic heterocycles. The smallest absolute Gasteiger partial charge is 0.813 e. The van der Waals surface area contributed by atoms with Gasteiger partial charge in [0.1, 0.15) is 0 Å². The van der Waals surface area contributed by atoms with Crippen molar-refractivity contribution in [2.24, 2.45) is 0 Å². The van der Waals surface area contributed by atoms with E-state index >= 15 is 0 Å².